The normalized spacial score (nSPS) is 19.7. The Hall–Kier alpha value is -1.35. The van der Waals surface area contributed by atoms with Crippen molar-refractivity contribution in [2.45, 2.75) is 32.3 Å². The van der Waals surface area contributed by atoms with Crippen LogP contribution in [0.15, 0.2) is 18.2 Å². The Balaban J connectivity index is 1.61. The van der Waals surface area contributed by atoms with E-state index in [4.69, 9.17) is 4.74 Å². The maximum atomic E-state index is 11.4. The van der Waals surface area contributed by atoms with E-state index in [0.29, 0.717) is 6.61 Å². The molecule has 0 amide bonds. The first-order valence-electron chi connectivity index (χ1n) is 6.93. The Bertz CT molecular complexity index is 450. The molecule has 0 bridgehead atoms. The summed E-state index contributed by atoms with van der Waals surface area (Å²) in [4.78, 5) is 11.4. The number of piperidine rings is 1. The molecule has 3 heteroatoms. The smallest absolute Gasteiger partial charge is 0.338 e. The van der Waals surface area contributed by atoms with Gasteiger partial charge < -0.3 is 10.1 Å². The topological polar surface area (TPSA) is 42.9 Å². The molecule has 0 spiro atoms. The van der Waals surface area contributed by atoms with Gasteiger partial charge in [-0.1, -0.05) is 12.1 Å². The molecule has 3 nitrogen and oxygen atoms in total. The minimum absolute atomic E-state index is 0.167. The van der Waals surface area contributed by atoms with Crippen molar-refractivity contribution >= 4 is 5.97 Å². The highest BCUT2D eigenvalue weighted by atomic mass is 16.5. The van der Waals surface area contributed by atoms with Crippen molar-refractivity contribution in [1.82, 2.24) is 0 Å². The highest BCUT2D eigenvalue weighted by Gasteiger charge is 2.21. The number of quaternary nitrogens is 1. The lowest BCUT2D eigenvalue weighted by molar-refractivity contribution is -0.664. The Morgan fingerprint density at radius 1 is 1.28 bits per heavy atom. The van der Waals surface area contributed by atoms with E-state index < -0.39 is 0 Å². The quantitative estimate of drug-likeness (QED) is 0.816. The second kappa shape index (κ2) is 5.11. The average Bonchev–Trinajstić information content (AvgIpc) is 2.79. The van der Waals surface area contributed by atoms with Gasteiger partial charge in [0.15, 0.2) is 0 Å². The number of carbonyl (C=O) groups excluding carboxylic acids is 1. The van der Waals surface area contributed by atoms with Crippen molar-refractivity contribution in [3.8, 4) is 0 Å². The molecule has 2 aliphatic heterocycles. The lowest BCUT2D eigenvalue weighted by atomic mass is 9.91. The molecule has 2 aliphatic rings. The lowest BCUT2D eigenvalue weighted by Crippen LogP contribution is -2.86. The van der Waals surface area contributed by atoms with Gasteiger partial charge in [-0.15, -0.1) is 0 Å². The summed E-state index contributed by atoms with van der Waals surface area (Å²) in [5.41, 5.74) is 3.17. The number of cyclic esters (lactones) is 1. The fraction of sp³-hybridized carbons (Fsp3) is 0.533. The van der Waals surface area contributed by atoms with E-state index in [2.05, 4.69) is 17.4 Å². The first-order chi connectivity index (χ1) is 8.83. The van der Waals surface area contributed by atoms with Gasteiger partial charge in [-0.25, -0.2) is 4.79 Å². The van der Waals surface area contributed by atoms with Crippen LogP contribution >= 0.6 is 0 Å². The van der Waals surface area contributed by atoms with Crippen LogP contribution in [-0.4, -0.2) is 19.1 Å². The van der Waals surface area contributed by atoms with Crippen LogP contribution in [0.25, 0.3) is 0 Å². The highest BCUT2D eigenvalue weighted by Crippen LogP contribution is 2.23. The Morgan fingerprint density at radius 2 is 2.11 bits per heavy atom. The zero-order valence-corrected chi connectivity index (χ0v) is 10.7. The van der Waals surface area contributed by atoms with Crippen molar-refractivity contribution in [2.75, 3.05) is 13.1 Å². The van der Waals surface area contributed by atoms with Crippen molar-refractivity contribution in [3.05, 3.63) is 34.9 Å². The third-order valence-corrected chi connectivity index (χ3v) is 4.15. The average molecular weight is 246 g/mol. The second-order valence-electron chi connectivity index (χ2n) is 5.42. The standard InChI is InChI=1S/C15H19NO2/c17-15-14-4-3-12(9-13(14)10-18-15)2-1-11-5-7-16-8-6-11/h3-4,9,11,16H,1-2,5-8,10H2/p+1. The molecule has 0 aromatic heterocycles. The van der Waals surface area contributed by atoms with E-state index in [9.17, 15) is 4.79 Å². The fourth-order valence-electron chi connectivity index (χ4n) is 3.00. The van der Waals surface area contributed by atoms with Gasteiger partial charge in [0.2, 0.25) is 0 Å². The number of fused-ring (bicyclic) bond motifs is 1. The number of hydrogen-bond donors (Lipinski definition) is 1. The molecule has 96 valence electrons. The molecular formula is C15H20NO2+. The van der Waals surface area contributed by atoms with Crippen LogP contribution in [0.2, 0.25) is 0 Å². The molecule has 0 atom stereocenters. The maximum absolute atomic E-state index is 11.4. The van der Waals surface area contributed by atoms with E-state index in [1.54, 1.807) is 0 Å². The zero-order chi connectivity index (χ0) is 12.4. The molecule has 0 aliphatic carbocycles. The van der Waals surface area contributed by atoms with Gasteiger partial charge in [-0.05, 0) is 43.2 Å². The molecule has 1 aromatic rings. The summed E-state index contributed by atoms with van der Waals surface area (Å²) in [7, 11) is 0. The molecule has 0 saturated carbocycles. The lowest BCUT2D eigenvalue weighted by Gasteiger charge is -2.20. The number of rotatable bonds is 3. The molecule has 3 rings (SSSR count). The van der Waals surface area contributed by atoms with Crippen molar-refractivity contribution in [1.29, 1.82) is 0 Å². The summed E-state index contributed by atoms with van der Waals surface area (Å²) in [6.45, 7) is 3.04. The fourth-order valence-corrected chi connectivity index (χ4v) is 3.00. The summed E-state index contributed by atoms with van der Waals surface area (Å²) < 4.78 is 5.03. The van der Waals surface area contributed by atoms with E-state index >= 15 is 0 Å². The third-order valence-electron chi connectivity index (χ3n) is 4.15. The van der Waals surface area contributed by atoms with Crippen LogP contribution in [0.1, 0.15) is 40.7 Å². The number of aryl methyl sites for hydroxylation is 1. The molecular weight excluding hydrogens is 226 g/mol. The number of nitrogens with two attached hydrogens (primary N) is 1. The second-order valence-corrected chi connectivity index (χ2v) is 5.42. The first kappa shape index (κ1) is 11.7. The predicted molar refractivity (Wildman–Crippen MR) is 68.3 cm³/mol. The summed E-state index contributed by atoms with van der Waals surface area (Å²) in [6, 6.07) is 6.16. The van der Waals surface area contributed by atoms with Gasteiger partial charge in [-0.2, -0.15) is 0 Å². The predicted octanol–water partition coefficient (Wildman–Crippen LogP) is 1.26. The summed E-state index contributed by atoms with van der Waals surface area (Å²) >= 11 is 0. The van der Waals surface area contributed by atoms with Crippen LogP contribution in [0.3, 0.4) is 0 Å². The minimum Gasteiger partial charge on any atom is -0.457 e. The summed E-state index contributed by atoms with van der Waals surface area (Å²) in [6.07, 6.45) is 5.12. The molecule has 2 N–H and O–H groups in total. The van der Waals surface area contributed by atoms with Crippen molar-refractivity contribution in [3.63, 3.8) is 0 Å². The highest BCUT2D eigenvalue weighted by molar-refractivity contribution is 5.93. The number of ether oxygens (including phenoxy) is 1. The van der Waals surface area contributed by atoms with Gasteiger partial charge in [-0.3, -0.25) is 0 Å². The van der Waals surface area contributed by atoms with E-state index in [1.165, 1.54) is 37.9 Å². The molecule has 2 heterocycles. The van der Waals surface area contributed by atoms with E-state index in [0.717, 1.165) is 23.5 Å². The maximum Gasteiger partial charge on any atom is 0.338 e. The van der Waals surface area contributed by atoms with Crippen molar-refractivity contribution < 1.29 is 14.8 Å². The van der Waals surface area contributed by atoms with Gasteiger partial charge in [0.1, 0.15) is 6.61 Å². The molecule has 1 fully saturated rings. The van der Waals surface area contributed by atoms with E-state index in [1.807, 2.05) is 6.07 Å². The first-order valence-corrected chi connectivity index (χ1v) is 6.93. The Kier molecular flexibility index (Phi) is 3.33. The minimum atomic E-state index is -0.167. The van der Waals surface area contributed by atoms with Crippen LogP contribution < -0.4 is 5.32 Å². The summed E-state index contributed by atoms with van der Waals surface area (Å²) in [5.74, 6) is 0.723. The van der Waals surface area contributed by atoms with Crippen molar-refractivity contribution in [2.24, 2.45) is 5.92 Å². The number of esters is 1. The van der Waals surface area contributed by atoms with Gasteiger partial charge in [0.05, 0.1) is 18.7 Å². The van der Waals surface area contributed by atoms with Crippen LogP contribution in [-0.2, 0) is 17.8 Å². The Labute approximate surface area is 108 Å². The molecule has 0 unspecified atom stereocenters. The zero-order valence-electron chi connectivity index (χ0n) is 10.7. The largest absolute Gasteiger partial charge is 0.457 e. The molecule has 1 saturated heterocycles. The monoisotopic (exact) mass is 246 g/mol. The SMILES string of the molecule is O=C1OCc2cc(CCC3CC[NH2+]CC3)ccc21. The van der Waals surface area contributed by atoms with Gasteiger partial charge >= 0.3 is 5.97 Å². The van der Waals surface area contributed by atoms with Crippen LogP contribution in [0.5, 0.6) is 0 Å². The number of carbonyl (C=O) groups is 1. The Morgan fingerprint density at radius 3 is 2.94 bits per heavy atom. The van der Waals surface area contributed by atoms with Gasteiger partial charge in [0, 0.05) is 5.56 Å². The molecule has 1 aromatic carbocycles. The molecule has 18 heavy (non-hydrogen) atoms. The third kappa shape index (κ3) is 2.41. The van der Waals surface area contributed by atoms with E-state index in [-0.39, 0.29) is 5.97 Å². The van der Waals surface area contributed by atoms with Crippen LogP contribution in [0, 0.1) is 5.92 Å². The van der Waals surface area contributed by atoms with Gasteiger partial charge in [0.25, 0.3) is 0 Å². The number of benzene rings is 1. The number of hydrogen-bond acceptors (Lipinski definition) is 2. The molecule has 0 radical (unpaired) electrons. The summed E-state index contributed by atoms with van der Waals surface area (Å²) in [5, 5.41) is 2.41. The van der Waals surface area contributed by atoms with Crippen LogP contribution in [0.4, 0.5) is 0 Å².